The van der Waals surface area contributed by atoms with Gasteiger partial charge >= 0.3 is 6.18 Å². The number of aliphatic imine (C=N–C) groups is 1. The maximum absolute atomic E-state index is 12.3. The monoisotopic (exact) mass is 202 g/mol. The summed E-state index contributed by atoms with van der Waals surface area (Å²) in [7, 11) is 0. The zero-order valence-electron chi connectivity index (χ0n) is 7.09. The summed E-state index contributed by atoms with van der Waals surface area (Å²) in [5, 5.41) is 0. The van der Waals surface area contributed by atoms with E-state index in [1.54, 1.807) is 6.92 Å². The Morgan fingerprint density at radius 1 is 1.50 bits per heavy atom. The third kappa shape index (κ3) is 2.17. The molecule has 0 N–H and O–H groups in total. The molecule has 0 saturated carbocycles. The molecule has 0 fully saturated rings. The van der Waals surface area contributed by atoms with Gasteiger partial charge in [0.15, 0.2) is 5.69 Å². The molecule has 0 radical (unpaired) electrons. The summed E-state index contributed by atoms with van der Waals surface area (Å²) in [6.45, 7) is 1.55. The van der Waals surface area contributed by atoms with Crippen LogP contribution in [0.1, 0.15) is 11.3 Å². The van der Waals surface area contributed by atoms with Crippen LogP contribution in [0.5, 0.6) is 0 Å². The average Bonchev–Trinajstić information content (AvgIpc) is 2.02. The smallest absolute Gasteiger partial charge is 0.249 e. The minimum absolute atomic E-state index is 0.493. The van der Waals surface area contributed by atoms with E-state index in [-0.39, 0.29) is 0 Å². The van der Waals surface area contributed by atoms with Gasteiger partial charge in [-0.05, 0) is 18.6 Å². The molecule has 0 aliphatic rings. The Hall–Kier alpha value is -1.68. The number of aromatic nitrogens is 1. The van der Waals surface area contributed by atoms with E-state index in [1.807, 2.05) is 0 Å². The number of aryl methyl sites for hydroxylation is 1. The molecule has 0 bridgehead atoms. The maximum atomic E-state index is 12.3. The van der Waals surface area contributed by atoms with Crippen molar-refractivity contribution in [3.05, 3.63) is 23.5 Å². The summed E-state index contributed by atoms with van der Waals surface area (Å²) in [5.74, 6) is 0. The lowest BCUT2D eigenvalue weighted by molar-refractivity contribution is -0.140. The minimum Gasteiger partial charge on any atom is -0.249 e. The van der Waals surface area contributed by atoms with E-state index < -0.39 is 17.6 Å². The molecule has 0 unspecified atom stereocenters. The van der Waals surface area contributed by atoms with E-state index in [2.05, 4.69) is 9.98 Å². The first-order valence-electron chi connectivity index (χ1n) is 3.57. The molecule has 0 aliphatic carbocycles. The summed E-state index contributed by atoms with van der Waals surface area (Å²) in [5.41, 5.74) is -1.19. The summed E-state index contributed by atoms with van der Waals surface area (Å²) < 4.78 is 36.8. The van der Waals surface area contributed by atoms with Gasteiger partial charge in [0.25, 0.3) is 0 Å². The Kier molecular flexibility index (Phi) is 2.67. The first-order valence-corrected chi connectivity index (χ1v) is 3.57. The fourth-order valence-corrected chi connectivity index (χ4v) is 0.907. The normalized spacial score (nSPS) is 10.9. The second kappa shape index (κ2) is 3.59. The number of nitrogens with zero attached hydrogens (tertiary/aromatic N) is 2. The Labute approximate surface area is 77.3 Å². The zero-order valence-corrected chi connectivity index (χ0v) is 7.09. The van der Waals surface area contributed by atoms with Gasteiger partial charge in [0.05, 0.1) is 0 Å². The van der Waals surface area contributed by atoms with E-state index in [4.69, 9.17) is 0 Å². The number of alkyl halides is 3. The van der Waals surface area contributed by atoms with Gasteiger partial charge in [-0.1, -0.05) is 0 Å². The first-order chi connectivity index (χ1) is 6.45. The van der Waals surface area contributed by atoms with Crippen molar-refractivity contribution < 1.29 is 18.0 Å². The highest BCUT2D eigenvalue weighted by Crippen LogP contribution is 2.34. The van der Waals surface area contributed by atoms with E-state index in [1.165, 1.54) is 0 Å². The van der Waals surface area contributed by atoms with Crippen molar-refractivity contribution in [2.75, 3.05) is 0 Å². The summed E-state index contributed by atoms with van der Waals surface area (Å²) in [6.07, 6.45) is -2.49. The van der Waals surface area contributed by atoms with Crippen LogP contribution in [0, 0.1) is 6.92 Å². The number of pyridine rings is 1. The fourth-order valence-electron chi connectivity index (χ4n) is 0.907. The van der Waals surface area contributed by atoms with E-state index in [0.717, 1.165) is 18.3 Å². The lowest BCUT2D eigenvalue weighted by atomic mass is 10.2. The molecule has 3 nitrogen and oxygen atoms in total. The fraction of sp³-hybridized carbons (Fsp3) is 0.250. The van der Waals surface area contributed by atoms with Crippen LogP contribution in [0.25, 0.3) is 0 Å². The van der Waals surface area contributed by atoms with Crippen molar-refractivity contribution in [3.8, 4) is 0 Å². The number of carbonyl (C=O) groups excluding carboxylic acids is 1. The van der Waals surface area contributed by atoms with Gasteiger partial charge in [-0.15, -0.1) is 0 Å². The third-order valence-electron chi connectivity index (χ3n) is 1.44. The minimum atomic E-state index is -4.61. The van der Waals surface area contributed by atoms with E-state index >= 15 is 0 Å². The van der Waals surface area contributed by atoms with Gasteiger partial charge in [-0.2, -0.15) is 18.2 Å². The van der Waals surface area contributed by atoms with E-state index in [0.29, 0.717) is 5.56 Å². The summed E-state index contributed by atoms with van der Waals surface area (Å²) >= 11 is 0. The Balaban J connectivity index is 3.36. The molecule has 1 aromatic rings. The topological polar surface area (TPSA) is 42.3 Å². The van der Waals surface area contributed by atoms with Crippen LogP contribution < -0.4 is 0 Å². The van der Waals surface area contributed by atoms with Gasteiger partial charge in [0, 0.05) is 6.20 Å². The second-order valence-corrected chi connectivity index (χ2v) is 2.58. The Morgan fingerprint density at radius 2 is 2.14 bits per heavy atom. The summed E-state index contributed by atoms with van der Waals surface area (Å²) in [4.78, 5) is 16.0. The summed E-state index contributed by atoms with van der Waals surface area (Å²) in [6, 6.07) is 1.13. The Morgan fingerprint density at radius 3 is 2.64 bits per heavy atom. The van der Waals surface area contributed by atoms with Crippen LogP contribution in [-0.2, 0) is 11.0 Å². The molecule has 0 aromatic carbocycles. The van der Waals surface area contributed by atoms with Crippen molar-refractivity contribution in [1.82, 2.24) is 4.98 Å². The maximum Gasteiger partial charge on any atom is 0.435 e. The lowest BCUT2D eigenvalue weighted by Crippen LogP contribution is -2.08. The number of halogens is 3. The molecular formula is C8H5F3N2O. The number of hydrogen-bond acceptors (Lipinski definition) is 3. The van der Waals surface area contributed by atoms with Crippen LogP contribution in [0.3, 0.4) is 0 Å². The molecule has 14 heavy (non-hydrogen) atoms. The molecule has 1 aromatic heterocycles. The molecule has 1 rings (SSSR count). The second-order valence-electron chi connectivity index (χ2n) is 2.58. The highest BCUT2D eigenvalue weighted by molar-refractivity contribution is 5.53. The van der Waals surface area contributed by atoms with Crippen LogP contribution in [0.15, 0.2) is 17.3 Å². The SMILES string of the molecule is Cc1cnc(C(F)(F)F)c(N=C=O)c1. The molecule has 0 atom stereocenters. The highest BCUT2D eigenvalue weighted by Gasteiger charge is 2.35. The molecule has 0 spiro atoms. The number of rotatable bonds is 1. The predicted octanol–water partition coefficient (Wildman–Crippen LogP) is 2.38. The molecule has 0 aliphatic heterocycles. The number of hydrogen-bond donors (Lipinski definition) is 0. The lowest BCUT2D eigenvalue weighted by Gasteiger charge is -2.07. The van der Waals surface area contributed by atoms with E-state index in [9.17, 15) is 18.0 Å². The van der Waals surface area contributed by atoms with Crippen molar-refractivity contribution in [2.45, 2.75) is 13.1 Å². The van der Waals surface area contributed by atoms with Gasteiger partial charge in [0.2, 0.25) is 6.08 Å². The molecule has 0 amide bonds. The Bertz CT molecular complexity index is 394. The largest absolute Gasteiger partial charge is 0.435 e. The van der Waals surface area contributed by atoms with Gasteiger partial charge in [-0.3, -0.25) is 0 Å². The number of isocyanates is 1. The van der Waals surface area contributed by atoms with Crippen molar-refractivity contribution in [3.63, 3.8) is 0 Å². The molecule has 6 heteroatoms. The van der Waals surface area contributed by atoms with Gasteiger partial charge < -0.3 is 0 Å². The molecule has 74 valence electrons. The van der Waals surface area contributed by atoms with Crippen molar-refractivity contribution in [2.24, 2.45) is 4.99 Å². The van der Waals surface area contributed by atoms with Crippen LogP contribution in [-0.4, -0.2) is 11.1 Å². The van der Waals surface area contributed by atoms with Crippen molar-refractivity contribution in [1.29, 1.82) is 0 Å². The quantitative estimate of drug-likeness (QED) is 0.518. The first kappa shape index (κ1) is 10.4. The van der Waals surface area contributed by atoms with Crippen molar-refractivity contribution >= 4 is 11.8 Å². The van der Waals surface area contributed by atoms with Gasteiger partial charge in [-0.25, -0.2) is 9.78 Å². The van der Waals surface area contributed by atoms with Gasteiger partial charge in [0.1, 0.15) is 5.69 Å². The predicted molar refractivity (Wildman–Crippen MR) is 41.8 cm³/mol. The molecule has 0 saturated heterocycles. The molecular weight excluding hydrogens is 197 g/mol. The standard InChI is InChI=1S/C8H5F3N2O/c1-5-2-6(13-4-14)7(12-3-5)8(9,10)11/h2-3H,1H3. The zero-order chi connectivity index (χ0) is 10.8. The third-order valence-corrected chi connectivity index (χ3v) is 1.44. The average molecular weight is 202 g/mol. The van der Waals surface area contributed by atoms with Crippen LogP contribution in [0.2, 0.25) is 0 Å². The van der Waals surface area contributed by atoms with Crippen LogP contribution >= 0.6 is 0 Å². The molecule has 1 heterocycles. The van der Waals surface area contributed by atoms with Crippen LogP contribution in [0.4, 0.5) is 18.9 Å². The highest BCUT2D eigenvalue weighted by atomic mass is 19.4.